The summed E-state index contributed by atoms with van der Waals surface area (Å²) in [6.45, 7) is 3.17. The maximum Gasteiger partial charge on any atom is 0.271 e. The lowest BCUT2D eigenvalue weighted by atomic mass is 10.1. The molecule has 0 fully saturated rings. The van der Waals surface area contributed by atoms with Crippen molar-refractivity contribution >= 4 is 11.7 Å². The highest BCUT2D eigenvalue weighted by atomic mass is 16.5. The third-order valence-corrected chi connectivity index (χ3v) is 4.48. The Morgan fingerprint density at radius 1 is 1.00 bits per heavy atom. The summed E-state index contributed by atoms with van der Waals surface area (Å²) in [5.41, 5.74) is 3.64. The van der Waals surface area contributed by atoms with Crippen molar-refractivity contribution in [3.8, 4) is 5.75 Å². The molecular formula is C22H24N4O2. The number of carbonyl (C=O) groups excluding carboxylic acids is 1. The number of aromatic nitrogens is 2. The van der Waals surface area contributed by atoms with Crippen LogP contribution in [0.15, 0.2) is 60.9 Å². The SMILES string of the molecule is COc1ccccc1CCNc1cnc(C(=O)NCc2ccccc2C)cn1. The lowest BCUT2D eigenvalue weighted by Gasteiger charge is -2.10. The lowest BCUT2D eigenvalue weighted by molar-refractivity contribution is 0.0945. The predicted octanol–water partition coefficient (Wildman–Crippen LogP) is 3.38. The van der Waals surface area contributed by atoms with Crippen molar-refractivity contribution < 1.29 is 9.53 Å². The highest BCUT2D eigenvalue weighted by Gasteiger charge is 2.09. The van der Waals surface area contributed by atoms with Crippen LogP contribution >= 0.6 is 0 Å². The molecule has 0 saturated carbocycles. The Morgan fingerprint density at radius 2 is 1.75 bits per heavy atom. The molecule has 6 heteroatoms. The molecule has 0 aliphatic rings. The van der Waals surface area contributed by atoms with E-state index in [4.69, 9.17) is 4.74 Å². The molecular weight excluding hydrogens is 352 g/mol. The summed E-state index contributed by atoms with van der Waals surface area (Å²) in [5.74, 6) is 1.26. The first-order valence-electron chi connectivity index (χ1n) is 9.18. The molecule has 28 heavy (non-hydrogen) atoms. The number of ether oxygens (including phenoxy) is 1. The molecule has 1 amide bonds. The van der Waals surface area contributed by atoms with Crippen LogP contribution in [-0.4, -0.2) is 29.5 Å². The molecule has 0 radical (unpaired) electrons. The molecule has 0 unspecified atom stereocenters. The summed E-state index contributed by atoms with van der Waals surface area (Å²) >= 11 is 0. The third kappa shape index (κ3) is 5.07. The van der Waals surface area contributed by atoms with Gasteiger partial charge in [0.05, 0.1) is 19.5 Å². The Kier molecular flexibility index (Phi) is 6.57. The van der Waals surface area contributed by atoms with Gasteiger partial charge in [-0.1, -0.05) is 42.5 Å². The van der Waals surface area contributed by atoms with Crippen LogP contribution in [0.3, 0.4) is 0 Å². The Balaban J connectivity index is 1.50. The van der Waals surface area contributed by atoms with Crippen molar-refractivity contribution in [2.45, 2.75) is 19.9 Å². The van der Waals surface area contributed by atoms with E-state index in [2.05, 4.69) is 20.6 Å². The van der Waals surface area contributed by atoms with E-state index in [1.54, 1.807) is 13.3 Å². The van der Waals surface area contributed by atoms with Crippen LogP contribution in [0.1, 0.15) is 27.2 Å². The zero-order valence-corrected chi connectivity index (χ0v) is 16.1. The van der Waals surface area contributed by atoms with E-state index in [1.807, 2.05) is 55.5 Å². The van der Waals surface area contributed by atoms with Crippen molar-refractivity contribution in [1.29, 1.82) is 0 Å². The summed E-state index contributed by atoms with van der Waals surface area (Å²) in [6.07, 6.45) is 3.86. The average Bonchev–Trinajstić information content (AvgIpc) is 2.74. The molecule has 0 aliphatic carbocycles. The average molecular weight is 376 g/mol. The van der Waals surface area contributed by atoms with Crippen molar-refractivity contribution in [3.63, 3.8) is 0 Å². The maximum absolute atomic E-state index is 12.3. The fourth-order valence-electron chi connectivity index (χ4n) is 2.85. The third-order valence-electron chi connectivity index (χ3n) is 4.48. The van der Waals surface area contributed by atoms with Gasteiger partial charge in [0.15, 0.2) is 0 Å². The molecule has 0 saturated heterocycles. The largest absolute Gasteiger partial charge is 0.496 e. The van der Waals surface area contributed by atoms with Gasteiger partial charge in [0, 0.05) is 13.1 Å². The maximum atomic E-state index is 12.3. The minimum absolute atomic E-state index is 0.240. The van der Waals surface area contributed by atoms with E-state index in [-0.39, 0.29) is 5.91 Å². The van der Waals surface area contributed by atoms with Gasteiger partial charge in [0.1, 0.15) is 17.3 Å². The number of benzene rings is 2. The molecule has 2 N–H and O–H groups in total. The summed E-state index contributed by atoms with van der Waals surface area (Å²) in [7, 11) is 1.67. The van der Waals surface area contributed by atoms with Gasteiger partial charge in [-0.15, -0.1) is 0 Å². The number of para-hydroxylation sites is 1. The second-order valence-electron chi connectivity index (χ2n) is 6.38. The molecule has 0 spiro atoms. The van der Waals surface area contributed by atoms with Crippen LogP contribution in [0.4, 0.5) is 5.82 Å². The Hall–Kier alpha value is -3.41. The fourth-order valence-corrected chi connectivity index (χ4v) is 2.85. The van der Waals surface area contributed by atoms with Gasteiger partial charge in [0.25, 0.3) is 5.91 Å². The molecule has 1 heterocycles. The van der Waals surface area contributed by atoms with Crippen molar-refractivity contribution in [1.82, 2.24) is 15.3 Å². The number of hydrogen-bond donors (Lipinski definition) is 2. The van der Waals surface area contributed by atoms with Gasteiger partial charge >= 0.3 is 0 Å². The zero-order valence-electron chi connectivity index (χ0n) is 16.1. The van der Waals surface area contributed by atoms with E-state index in [9.17, 15) is 4.79 Å². The predicted molar refractivity (Wildman–Crippen MR) is 110 cm³/mol. The summed E-state index contributed by atoms with van der Waals surface area (Å²) in [5, 5.41) is 6.09. The number of rotatable bonds is 8. The molecule has 3 aromatic rings. The van der Waals surface area contributed by atoms with Gasteiger partial charge in [-0.3, -0.25) is 4.79 Å². The molecule has 0 atom stereocenters. The number of methoxy groups -OCH3 is 1. The van der Waals surface area contributed by atoms with Crippen molar-refractivity contribution in [3.05, 3.63) is 83.3 Å². The molecule has 2 aromatic carbocycles. The quantitative estimate of drug-likeness (QED) is 0.630. The lowest BCUT2D eigenvalue weighted by Crippen LogP contribution is -2.24. The van der Waals surface area contributed by atoms with Gasteiger partial charge in [-0.25, -0.2) is 9.97 Å². The van der Waals surface area contributed by atoms with Crippen molar-refractivity contribution in [2.24, 2.45) is 0 Å². The first kappa shape index (κ1) is 19.4. The Morgan fingerprint density at radius 3 is 2.46 bits per heavy atom. The first-order valence-corrected chi connectivity index (χ1v) is 9.18. The van der Waals surface area contributed by atoms with Crippen LogP contribution in [0.25, 0.3) is 0 Å². The smallest absolute Gasteiger partial charge is 0.271 e. The summed E-state index contributed by atoms with van der Waals surface area (Å²) in [6, 6.07) is 15.9. The first-order chi connectivity index (χ1) is 13.7. The minimum Gasteiger partial charge on any atom is -0.496 e. The highest BCUT2D eigenvalue weighted by molar-refractivity contribution is 5.91. The van der Waals surface area contributed by atoms with Gasteiger partial charge in [-0.2, -0.15) is 0 Å². The van der Waals surface area contributed by atoms with Crippen LogP contribution in [0.2, 0.25) is 0 Å². The zero-order chi connectivity index (χ0) is 19.8. The Bertz CT molecular complexity index is 926. The molecule has 6 nitrogen and oxygen atoms in total. The standard InChI is InChI=1S/C22H24N4O2/c1-16-7-3-4-9-18(16)13-26-22(27)19-14-25-21(15-24-19)23-12-11-17-8-5-6-10-20(17)28-2/h3-10,14-15H,11-13H2,1-2H3,(H,23,25)(H,26,27). The number of nitrogens with zero attached hydrogens (tertiary/aromatic N) is 2. The number of nitrogens with one attached hydrogen (secondary N) is 2. The monoisotopic (exact) mass is 376 g/mol. The number of aryl methyl sites for hydroxylation is 1. The molecule has 1 aromatic heterocycles. The van der Waals surface area contributed by atoms with Crippen LogP contribution in [-0.2, 0) is 13.0 Å². The number of hydrogen-bond acceptors (Lipinski definition) is 5. The van der Waals surface area contributed by atoms with E-state index in [0.29, 0.717) is 24.6 Å². The molecule has 3 rings (SSSR count). The van der Waals surface area contributed by atoms with E-state index < -0.39 is 0 Å². The minimum atomic E-state index is -0.240. The number of anilines is 1. The number of carbonyl (C=O) groups is 1. The van der Waals surface area contributed by atoms with E-state index in [1.165, 1.54) is 6.20 Å². The number of amides is 1. The summed E-state index contributed by atoms with van der Waals surface area (Å²) < 4.78 is 5.35. The van der Waals surface area contributed by atoms with Crippen LogP contribution in [0, 0.1) is 6.92 Å². The molecule has 0 bridgehead atoms. The van der Waals surface area contributed by atoms with E-state index >= 15 is 0 Å². The Labute approximate surface area is 165 Å². The van der Waals surface area contributed by atoms with Gasteiger partial charge in [-0.05, 0) is 36.1 Å². The summed E-state index contributed by atoms with van der Waals surface area (Å²) in [4.78, 5) is 20.8. The fraction of sp³-hybridized carbons (Fsp3) is 0.227. The van der Waals surface area contributed by atoms with Gasteiger partial charge < -0.3 is 15.4 Å². The normalized spacial score (nSPS) is 10.4. The molecule has 144 valence electrons. The second-order valence-corrected chi connectivity index (χ2v) is 6.38. The van der Waals surface area contributed by atoms with E-state index in [0.717, 1.165) is 28.9 Å². The topological polar surface area (TPSA) is 76.1 Å². The van der Waals surface area contributed by atoms with Crippen LogP contribution < -0.4 is 15.4 Å². The van der Waals surface area contributed by atoms with Gasteiger partial charge in [0.2, 0.25) is 0 Å². The van der Waals surface area contributed by atoms with Crippen LogP contribution in [0.5, 0.6) is 5.75 Å². The van der Waals surface area contributed by atoms with Crippen molar-refractivity contribution in [2.75, 3.05) is 19.0 Å². The molecule has 0 aliphatic heterocycles. The second kappa shape index (κ2) is 9.50. The highest BCUT2D eigenvalue weighted by Crippen LogP contribution is 2.17.